The molecule has 0 saturated carbocycles. The van der Waals surface area contributed by atoms with Crippen LogP contribution in [0.2, 0.25) is 0 Å². The molecule has 1 aromatic carbocycles. The molecule has 128 valence electrons. The number of hydrogen-bond acceptors (Lipinski definition) is 5. The number of carbonyl (C=O) groups is 1. The SMILES string of the molecule is CCOC[C@H](O)CN1CCN(C(=O)COc2ccccc2)CC1. The number of piperazine rings is 1. The average molecular weight is 322 g/mol. The van der Waals surface area contributed by atoms with E-state index in [0.29, 0.717) is 38.6 Å². The molecule has 1 amide bonds. The van der Waals surface area contributed by atoms with Gasteiger partial charge in [-0.2, -0.15) is 0 Å². The van der Waals surface area contributed by atoms with Gasteiger partial charge in [0.1, 0.15) is 5.75 Å². The summed E-state index contributed by atoms with van der Waals surface area (Å²) < 4.78 is 10.7. The van der Waals surface area contributed by atoms with Crippen LogP contribution in [0.25, 0.3) is 0 Å². The van der Waals surface area contributed by atoms with Crippen LogP contribution in [0.15, 0.2) is 30.3 Å². The number of carbonyl (C=O) groups excluding carboxylic acids is 1. The molecule has 0 spiro atoms. The van der Waals surface area contributed by atoms with Crippen molar-refractivity contribution in [2.24, 2.45) is 0 Å². The zero-order chi connectivity index (χ0) is 16.5. The number of amides is 1. The van der Waals surface area contributed by atoms with Crippen LogP contribution in [0.4, 0.5) is 0 Å². The largest absolute Gasteiger partial charge is 0.484 e. The van der Waals surface area contributed by atoms with Gasteiger partial charge in [0.2, 0.25) is 0 Å². The van der Waals surface area contributed by atoms with Crippen molar-refractivity contribution in [1.29, 1.82) is 0 Å². The molecule has 1 aromatic rings. The highest BCUT2D eigenvalue weighted by atomic mass is 16.5. The zero-order valence-electron chi connectivity index (χ0n) is 13.7. The van der Waals surface area contributed by atoms with E-state index in [1.807, 2.05) is 42.2 Å². The second kappa shape index (κ2) is 9.50. The summed E-state index contributed by atoms with van der Waals surface area (Å²) in [4.78, 5) is 16.1. The lowest BCUT2D eigenvalue weighted by molar-refractivity contribution is -0.135. The summed E-state index contributed by atoms with van der Waals surface area (Å²) in [5.41, 5.74) is 0. The normalized spacial score (nSPS) is 17.0. The van der Waals surface area contributed by atoms with Crippen molar-refractivity contribution in [2.45, 2.75) is 13.0 Å². The molecule has 6 nitrogen and oxygen atoms in total. The van der Waals surface area contributed by atoms with Gasteiger partial charge in [0.05, 0.1) is 12.7 Å². The average Bonchev–Trinajstić information content (AvgIpc) is 2.59. The molecule has 1 N–H and O–H groups in total. The Morgan fingerprint density at radius 3 is 2.57 bits per heavy atom. The van der Waals surface area contributed by atoms with Gasteiger partial charge in [0.25, 0.3) is 5.91 Å². The number of rotatable bonds is 8. The van der Waals surface area contributed by atoms with Crippen LogP contribution >= 0.6 is 0 Å². The lowest BCUT2D eigenvalue weighted by Crippen LogP contribution is -2.51. The zero-order valence-corrected chi connectivity index (χ0v) is 13.7. The summed E-state index contributed by atoms with van der Waals surface area (Å²) in [6.45, 7) is 6.40. The maximum absolute atomic E-state index is 12.2. The van der Waals surface area contributed by atoms with E-state index < -0.39 is 6.10 Å². The Labute approximate surface area is 137 Å². The molecular weight excluding hydrogens is 296 g/mol. The van der Waals surface area contributed by atoms with E-state index in [4.69, 9.17) is 9.47 Å². The standard InChI is InChI=1S/C17H26N2O4/c1-2-22-13-15(20)12-18-8-10-19(11-9-18)17(21)14-23-16-6-4-3-5-7-16/h3-7,15,20H,2,8-14H2,1H3/t15-/m1/s1. The van der Waals surface area contributed by atoms with Crippen LogP contribution in [0.5, 0.6) is 5.75 Å². The Bertz CT molecular complexity index is 461. The molecule has 1 aliphatic rings. The van der Waals surface area contributed by atoms with Crippen LogP contribution in [0.1, 0.15) is 6.92 Å². The number of aliphatic hydroxyl groups excluding tert-OH is 1. The number of hydrogen-bond donors (Lipinski definition) is 1. The van der Waals surface area contributed by atoms with Crippen LogP contribution in [-0.2, 0) is 9.53 Å². The molecule has 1 saturated heterocycles. The number of aliphatic hydroxyl groups is 1. The Morgan fingerprint density at radius 1 is 1.22 bits per heavy atom. The van der Waals surface area contributed by atoms with Crippen molar-refractivity contribution in [2.75, 3.05) is 52.5 Å². The smallest absolute Gasteiger partial charge is 0.260 e. The minimum atomic E-state index is -0.474. The first-order chi connectivity index (χ1) is 11.2. The van der Waals surface area contributed by atoms with E-state index in [1.54, 1.807) is 0 Å². The highest BCUT2D eigenvalue weighted by Crippen LogP contribution is 2.09. The van der Waals surface area contributed by atoms with Crippen molar-refractivity contribution < 1.29 is 19.4 Å². The van der Waals surface area contributed by atoms with Gasteiger partial charge in [0.15, 0.2) is 6.61 Å². The summed E-state index contributed by atoms with van der Waals surface area (Å²) in [7, 11) is 0. The van der Waals surface area contributed by atoms with E-state index in [0.717, 1.165) is 13.1 Å². The third kappa shape index (κ3) is 6.17. The Kier molecular flexibility index (Phi) is 7.32. The molecule has 1 fully saturated rings. The fourth-order valence-electron chi connectivity index (χ4n) is 2.54. The van der Waals surface area contributed by atoms with Gasteiger partial charge >= 0.3 is 0 Å². The van der Waals surface area contributed by atoms with E-state index in [1.165, 1.54) is 0 Å². The van der Waals surface area contributed by atoms with E-state index in [-0.39, 0.29) is 12.5 Å². The van der Waals surface area contributed by atoms with Crippen LogP contribution < -0.4 is 4.74 Å². The summed E-state index contributed by atoms with van der Waals surface area (Å²) in [6, 6.07) is 9.35. The van der Waals surface area contributed by atoms with Crippen molar-refractivity contribution >= 4 is 5.91 Å². The summed E-state index contributed by atoms with van der Waals surface area (Å²) in [5.74, 6) is 0.710. The van der Waals surface area contributed by atoms with Gasteiger partial charge in [0, 0.05) is 39.3 Å². The minimum absolute atomic E-state index is 0.00312. The highest BCUT2D eigenvalue weighted by molar-refractivity contribution is 5.77. The van der Waals surface area contributed by atoms with E-state index in [9.17, 15) is 9.90 Å². The predicted octanol–water partition coefficient (Wildman–Crippen LogP) is 0.607. The molecule has 0 bridgehead atoms. The monoisotopic (exact) mass is 322 g/mol. The fourth-order valence-corrected chi connectivity index (χ4v) is 2.54. The van der Waals surface area contributed by atoms with Crippen molar-refractivity contribution in [3.05, 3.63) is 30.3 Å². The summed E-state index contributed by atoms with van der Waals surface area (Å²) >= 11 is 0. The van der Waals surface area contributed by atoms with Crippen molar-refractivity contribution in [3.63, 3.8) is 0 Å². The second-order valence-electron chi connectivity index (χ2n) is 5.60. The Balaban J connectivity index is 1.66. The Hall–Kier alpha value is -1.63. The van der Waals surface area contributed by atoms with Gasteiger partial charge in [-0.05, 0) is 19.1 Å². The molecule has 0 unspecified atom stereocenters. The molecule has 6 heteroatoms. The minimum Gasteiger partial charge on any atom is -0.484 e. The van der Waals surface area contributed by atoms with Crippen LogP contribution in [-0.4, -0.2) is 79.5 Å². The second-order valence-corrected chi connectivity index (χ2v) is 5.60. The molecule has 0 aromatic heterocycles. The first kappa shape index (κ1) is 17.7. The highest BCUT2D eigenvalue weighted by Gasteiger charge is 2.22. The van der Waals surface area contributed by atoms with Gasteiger partial charge in [-0.3, -0.25) is 9.69 Å². The third-order valence-electron chi connectivity index (χ3n) is 3.81. The molecule has 1 atom stereocenters. The number of β-amino-alcohol motifs (C(OH)–C–C–N with tert-alkyl or cyclic N) is 1. The maximum Gasteiger partial charge on any atom is 0.260 e. The van der Waals surface area contributed by atoms with Gasteiger partial charge < -0.3 is 19.5 Å². The van der Waals surface area contributed by atoms with Gasteiger partial charge in [-0.1, -0.05) is 18.2 Å². The van der Waals surface area contributed by atoms with Crippen molar-refractivity contribution in [1.82, 2.24) is 9.80 Å². The first-order valence-electron chi connectivity index (χ1n) is 8.13. The number of para-hydroxylation sites is 1. The summed E-state index contributed by atoms with van der Waals surface area (Å²) in [5, 5.41) is 9.85. The summed E-state index contributed by atoms with van der Waals surface area (Å²) in [6.07, 6.45) is -0.474. The molecular formula is C17H26N2O4. The lowest BCUT2D eigenvalue weighted by atomic mass is 10.2. The van der Waals surface area contributed by atoms with Crippen molar-refractivity contribution in [3.8, 4) is 5.75 Å². The predicted molar refractivity (Wildman–Crippen MR) is 87.5 cm³/mol. The molecule has 23 heavy (non-hydrogen) atoms. The van der Waals surface area contributed by atoms with Crippen LogP contribution in [0.3, 0.4) is 0 Å². The molecule has 0 radical (unpaired) electrons. The Morgan fingerprint density at radius 2 is 1.91 bits per heavy atom. The van der Waals surface area contributed by atoms with Gasteiger partial charge in [-0.25, -0.2) is 0 Å². The fraction of sp³-hybridized carbons (Fsp3) is 0.588. The maximum atomic E-state index is 12.2. The quantitative estimate of drug-likeness (QED) is 0.760. The molecule has 1 aliphatic heterocycles. The lowest BCUT2D eigenvalue weighted by Gasteiger charge is -2.35. The molecule has 1 heterocycles. The van der Waals surface area contributed by atoms with E-state index in [2.05, 4.69) is 4.90 Å². The first-order valence-corrected chi connectivity index (χ1v) is 8.13. The molecule has 2 rings (SSSR count). The number of benzene rings is 1. The third-order valence-corrected chi connectivity index (χ3v) is 3.81. The number of nitrogens with zero attached hydrogens (tertiary/aromatic N) is 2. The van der Waals surface area contributed by atoms with Crippen LogP contribution in [0, 0.1) is 0 Å². The van der Waals surface area contributed by atoms with E-state index >= 15 is 0 Å². The topological polar surface area (TPSA) is 62.2 Å². The number of ether oxygens (including phenoxy) is 2. The van der Waals surface area contributed by atoms with Gasteiger partial charge in [-0.15, -0.1) is 0 Å². The molecule has 0 aliphatic carbocycles.